The van der Waals surface area contributed by atoms with Gasteiger partial charge in [-0.15, -0.1) is 0 Å². The number of benzene rings is 2. The molecule has 0 aliphatic carbocycles. The molecule has 0 spiro atoms. The minimum atomic E-state index is -4.12. The summed E-state index contributed by atoms with van der Waals surface area (Å²) in [6, 6.07) is 12.2. The van der Waals surface area contributed by atoms with Crippen molar-refractivity contribution in [3.8, 4) is 0 Å². The Morgan fingerprint density at radius 2 is 1.59 bits per heavy atom. The zero-order valence-electron chi connectivity index (χ0n) is 17.4. The maximum atomic E-state index is 13.3. The quantitative estimate of drug-likeness (QED) is 0.398. The number of ketones is 1. The zero-order chi connectivity index (χ0) is 23.7. The molecule has 1 heterocycles. The van der Waals surface area contributed by atoms with Gasteiger partial charge in [-0.05, 0) is 48.5 Å². The molecule has 0 bridgehead atoms. The second kappa shape index (κ2) is 8.89. The Labute approximate surface area is 191 Å². The van der Waals surface area contributed by atoms with Crippen molar-refractivity contribution in [2.75, 3.05) is 18.1 Å². The molecule has 8 nitrogen and oxygen atoms in total. The van der Waals surface area contributed by atoms with E-state index >= 15 is 0 Å². The van der Waals surface area contributed by atoms with Crippen LogP contribution in [0.15, 0.2) is 70.6 Å². The summed E-state index contributed by atoms with van der Waals surface area (Å²) >= 11 is 6.08. The van der Waals surface area contributed by atoms with Crippen molar-refractivity contribution < 1.29 is 31.2 Å². The summed E-state index contributed by atoms with van der Waals surface area (Å²) in [6.45, 7) is 1.69. The van der Waals surface area contributed by atoms with Crippen LogP contribution >= 0.6 is 11.6 Å². The number of sulfonamides is 1. The summed E-state index contributed by atoms with van der Waals surface area (Å²) < 4.78 is 52.8. The van der Waals surface area contributed by atoms with Gasteiger partial charge in [-0.3, -0.25) is 14.4 Å². The SMILES string of the molecule is CO[n+]1cccc(C(=O)c2cc(Cl)ccc2NS(=O)(=O)c2ccc(S(C)(=O)=O)cc2)c1C. The van der Waals surface area contributed by atoms with Crippen molar-refractivity contribution in [1.82, 2.24) is 0 Å². The molecule has 0 saturated carbocycles. The molecular formula is C21H20ClN2O6S2+. The topological polar surface area (TPSA) is 110 Å². The Morgan fingerprint density at radius 1 is 0.969 bits per heavy atom. The highest BCUT2D eigenvalue weighted by Gasteiger charge is 2.25. The van der Waals surface area contributed by atoms with Crippen molar-refractivity contribution in [2.45, 2.75) is 16.7 Å². The average molecular weight is 496 g/mol. The Bertz CT molecular complexity index is 1400. The van der Waals surface area contributed by atoms with Gasteiger partial charge in [0, 0.05) is 34.6 Å². The van der Waals surface area contributed by atoms with Crippen molar-refractivity contribution >= 4 is 42.9 Å². The lowest BCUT2D eigenvalue weighted by atomic mass is 10.0. The lowest BCUT2D eigenvalue weighted by Crippen LogP contribution is -2.44. The van der Waals surface area contributed by atoms with Gasteiger partial charge >= 0.3 is 0 Å². The van der Waals surface area contributed by atoms with E-state index in [-0.39, 0.29) is 26.1 Å². The highest BCUT2D eigenvalue weighted by atomic mass is 35.5. The van der Waals surface area contributed by atoms with Crippen molar-refractivity contribution in [2.24, 2.45) is 0 Å². The number of carbonyl (C=O) groups excluding carboxylic acids is 1. The highest BCUT2D eigenvalue weighted by molar-refractivity contribution is 7.92. The molecule has 2 aromatic carbocycles. The van der Waals surface area contributed by atoms with E-state index in [4.69, 9.17) is 16.4 Å². The third-order valence-electron chi connectivity index (χ3n) is 4.68. The smallest absolute Gasteiger partial charge is 0.261 e. The molecule has 0 atom stereocenters. The largest absolute Gasteiger partial charge is 0.288 e. The maximum Gasteiger partial charge on any atom is 0.261 e. The molecule has 1 N–H and O–H groups in total. The predicted octanol–water partition coefficient (Wildman–Crippen LogP) is 2.43. The Hall–Kier alpha value is -2.95. The number of hydrogen-bond acceptors (Lipinski definition) is 6. The first kappa shape index (κ1) is 23.7. The minimum absolute atomic E-state index is 0.00944. The predicted molar refractivity (Wildman–Crippen MR) is 119 cm³/mol. The molecule has 11 heteroatoms. The number of pyridine rings is 1. The van der Waals surface area contributed by atoms with Gasteiger partial charge in [0.25, 0.3) is 10.0 Å². The number of nitrogens with one attached hydrogen (secondary N) is 1. The van der Waals surface area contributed by atoms with Crippen LogP contribution in [-0.2, 0) is 19.9 Å². The van der Waals surface area contributed by atoms with Gasteiger partial charge in [0.1, 0.15) is 7.11 Å². The van der Waals surface area contributed by atoms with Crippen LogP contribution in [0.1, 0.15) is 21.6 Å². The normalized spacial score (nSPS) is 11.8. The number of halogens is 1. The van der Waals surface area contributed by atoms with Crippen LogP contribution in [0.3, 0.4) is 0 Å². The number of nitrogens with zero attached hydrogens (tertiary/aromatic N) is 1. The molecule has 0 aliphatic heterocycles. The number of sulfone groups is 1. The first-order chi connectivity index (χ1) is 14.9. The Balaban J connectivity index is 2.02. The van der Waals surface area contributed by atoms with Crippen LogP contribution in [0.4, 0.5) is 5.69 Å². The summed E-state index contributed by atoms with van der Waals surface area (Å²) in [6.07, 6.45) is 2.66. The number of rotatable bonds is 7. The van der Waals surface area contributed by atoms with Crippen LogP contribution in [0.5, 0.6) is 0 Å². The van der Waals surface area contributed by atoms with Gasteiger partial charge in [-0.2, -0.15) is 0 Å². The summed E-state index contributed by atoms with van der Waals surface area (Å²) in [5.41, 5.74) is 0.893. The van der Waals surface area contributed by atoms with E-state index in [1.54, 1.807) is 25.3 Å². The number of hydrogen-bond donors (Lipinski definition) is 1. The van der Waals surface area contributed by atoms with Gasteiger partial charge in [0.2, 0.25) is 17.7 Å². The minimum Gasteiger partial charge on any atom is -0.288 e. The fraction of sp³-hybridized carbons (Fsp3) is 0.143. The van der Waals surface area contributed by atoms with Crippen molar-refractivity contribution in [3.63, 3.8) is 0 Å². The molecule has 0 saturated heterocycles. The van der Waals surface area contributed by atoms with Gasteiger partial charge in [0.05, 0.1) is 21.0 Å². The van der Waals surface area contributed by atoms with Gasteiger partial charge in [-0.1, -0.05) is 11.6 Å². The van der Waals surface area contributed by atoms with Gasteiger partial charge in [-0.25, -0.2) is 16.8 Å². The first-order valence-electron chi connectivity index (χ1n) is 9.17. The van der Waals surface area contributed by atoms with Gasteiger partial charge in [0.15, 0.2) is 9.84 Å². The molecule has 0 aliphatic rings. The van der Waals surface area contributed by atoms with Crippen molar-refractivity contribution in [3.05, 3.63) is 82.6 Å². The van der Waals surface area contributed by atoms with Crippen LogP contribution in [0, 0.1) is 6.92 Å². The van der Waals surface area contributed by atoms with Crippen LogP contribution in [0.2, 0.25) is 5.02 Å². The van der Waals surface area contributed by atoms with Crippen molar-refractivity contribution in [1.29, 1.82) is 0 Å². The van der Waals surface area contributed by atoms with Crippen LogP contribution in [0.25, 0.3) is 0 Å². The van der Waals surface area contributed by atoms with E-state index in [0.717, 1.165) is 6.26 Å². The van der Waals surface area contributed by atoms with E-state index in [2.05, 4.69) is 4.72 Å². The van der Waals surface area contributed by atoms with E-state index in [0.29, 0.717) is 11.3 Å². The zero-order valence-corrected chi connectivity index (χ0v) is 19.8. The number of aromatic nitrogens is 1. The molecule has 3 aromatic rings. The molecular weight excluding hydrogens is 476 g/mol. The molecule has 1 aromatic heterocycles. The van der Waals surface area contributed by atoms with Crippen LogP contribution in [-0.4, -0.2) is 36.0 Å². The number of carbonyl (C=O) groups is 1. The molecule has 0 unspecified atom stereocenters. The third-order valence-corrected chi connectivity index (χ3v) is 7.42. The van der Waals surface area contributed by atoms with E-state index in [9.17, 15) is 21.6 Å². The summed E-state index contributed by atoms with van der Waals surface area (Å²) in [5.74, 6) is -0.457. The summed E-state index contributed by atoms with van der Waals surface area (Å²) in [4.78, 5) is 18.3. The average Bonchev–Trinajstić information content (AvgIpc) is 2.74. The Morgan fingerprint density at radius 3 is 2.19 bits per heavy atom. The number of anilines is 1. The summed E-state index contributed by atoms with van der Waals surface area (Å²) in [7, 11) is -6.14. The second-order valence-corrected chi connectivity index (χ2v) is 11.0. The van der Waals surface area contributed by atoms with E-state index in [1.165, 1.54) is 54.3 Å². The molecule has 168 valence electrons. The lowest BCUT2D eigenvalue weighted by Gasteiger charge is -2.13. The molecule has 0 radical (unpaired) electrons. The van der Waals surface area contributed by atoms with E-state index in [1.807, 2.05) is 0 Å². The monoisotopic (exact) mass is 495 g/mol. The highest BCUT2D eigenvalue weighted by Crippen LogP contribution is 2.27. The Kier molecular flexibility index (Phi) is 6.59. The molecule has 32 heavy (non-hydrogen) atoms. The molecule has 0 fully saturated rings. The molecule has 0 amide bonds. The lowest BCUT2D eigenvalue weighted by molar-refractivity contribution is -0.889. The first-order valence-corrected chi connectivity index (χ1v) is 12.9. The molecule has 3 rings (SSSR count). The van der Waals surface area contributed by atoms with Gasteiger partial charge < -0.3 is 0 Å². The third kappa shape index (κ3) is 4.93. The standard InChI is InChI=1S/C21H19ClN2O6S2/c1-14-18(5-4-12-24(14)30-2)21(25)19-13-15(22)6-11-20(19)23-32(28,29)17-9-7-16(8-10-17)31(3,26)27/h4-13H,1-3H3/p+1. The fourth-order valence-corrected chi connectivity index (χ4v) is 4.90. The van der Waals surface area contributed by atoms with Crippen LogP contribution < -0.4 is 14.3 Å². The maximum absolute atomic E-state index is 13.3. The second-order valence-electron chi connectivity index (χ2n) is 6.88. The van der Waals surface area contributed by atoms with E-state index < -0.39 is 25.6 Å². The summed E-state index contributed by atoms with van der Waals surface area (Å²) in [5, 5.41) is 0.252. The fourth-order valence-electron chi connectivity index (χ4n) is 3.01.